The van der Waals surface area contributed by atoms with Gasteiger partial charge in [0.15, 0.2) is 0 Å². The monoisotopic (exact) mass is 258 g/mol. The second-order valence-electron chi connectivity index (χ2n) is 5.02. The van der Waals surface area contributed by atoms with E-state index in [2.05, 4.69) is 25.2 Å². The van der Waals surface area contributed by atoms with Crippen LogP contribution in [-0.4, -0.2) is 0 Å². The first kappa shape index (κ1) is 13.4. The molecule has 100 valence electrons. The average molecular weight is 258 g/mol. The number of nitrogens with two attached hydrogens (primary N) is 1. The van der Waals surface area contributed by atoms with Crippen LogP contribution in [0.4, 0.5) is 21.5 Å². The number of anilines is 3. The largest absolute Gasteiger partial charge is 0.395 e. The first-order valence-corrected chi connectivity index (χ1v) is 6.41. The number of nitrogens with one attached hydrogen (secondary N) is 1. The van der Waals surface area contributed by atoms with Crippen LogP contribution in [0, 0.1) is 12.7 Å². The average Bonchev–Trinajstić information content (AvgIpc) is 2.36. The third-order valence-electron chi connectivity index (χ3n) is 3.24. The zero-order valence-corrected chi connectivity index (χ0v) is 11.5. The first-order valence-electron chi connectivity index (χ1n) is 6.41. The molecule has 3 N–H and O–H groups in total. The summed E-state index contributed by atoms with van der Waals surface area (Å²) in [5.74, 6) is -0.0122. The molecule has 2 rings (SSSR count). The zero-order valence-electron chi connectivity index (χ0n) is 11.5. The van der Waals surface area contributed by atoms with E-state index < -0.39 is 5.82 Å². The minimum Gasteiger partial charge on any atom is -0.395 e. The van der Waals surface area contributed by atoms with Crippen molar-refractivity contribution >= 4 is 17.1 Å². The van der Waals surface area contributed by atoms with E-state index in [9.17, 15) is 4.39 Å². The summed E-state index contributed by atoms with van der Waals surface area (Å²) in [6.45, 7) is 6.30. The fourth-order valence-corrected chi connectivity index (χ4v) is 2.12. The van der Waals surface area contributed by atoms with Gasteiger partial charge in [0.1, 0.15) is 5.82 Å². The van der Waals surface area contributed by atoms with Crippen LogP contribution in [0.5, 0.6) is 0 Å². The molecule has 0 saturated heterocycles. The minimum atomic E-state index is -0.398. The quantitative estimate of drug-likeness (QED) is 0.791. The summed E-state index contributed by atoms with van der Waals surface area (Å²) < 4.78 is 13.5. The van der Waals surface area contributed by atoms with Gasteiger partial charge in [0, 0.05) is 5.69 Å². The maximum atomic E-state index is 13.5. The van der Waals surface area contributed by atoms with Crippen LogP contribution in [0.25, 0.3) is 0 Å². The topological polar surface area (TPSA) is 38.0 Å². The summed E-state index contributed by atoms with van der Waals surface area (Å²) in [6.07, 6.45) is 0. The summed E-state index contributed by atoms with van der Waals surface area (Å²) in [4.78, 5) is 0. The van der Waals surface area contributed by atoms with Crippen LogP contribution in [0.2, 0.25) is 0 Å². The third kappa shape index (κ3) is 2.70. The molecular weight excluding hydrogens is 239 g/mol. The lowest BCUT2D eigenvalue weighted by Gasteiger charge is -2.18. The normalized spacial score (nSPS) is 10.8. The van der Waals surface area contributed by atoms with E-state index in [0.717, 1.165) is 11.3 Å². The number of para-hydroxylation sites is 2. The molecule has 0 fully saturated rings. The lowest BCUT2D eigenvalue weighted by molar-refractivity contribution is 0.633. The van der Waals surface area contributed by atoms with Gasteiger partial charge >= 0.3 is 0 Å². The van der Waals surface area contributed by atoms with E-state index in [-0.39, 0.29) is 5.69 Å². The van der Waals surface area contributed by atoms with Gasteiger partial charge in [-0.15, -0.1) is 0 Å². The maximum absolute atomic E-state index is 13.5. The molecule has 0 saturated carbocycles. The van der Waals surface area contributed by atoms with Gasteiger partial charge in [-0.3, -0.25) is 0 Å². The van der Waals surface area contributed by atoms with Gasteiger partial charge in [0.25, 0.3) is 0 Å². The molecule has 3 heteroatoms. The Morgan fingerprint density at radius 3 is 2.47 bits per heavy atom. The summed E-state index contributed by atoms with van der Waals surface area (Å²) in [7, 11) is 0. The van der Waals surface area contributed by atoms with E-state index >= 15 is 0 Å². The van der Waals surface area contributed by atoms with Crippen LogP contribution in [0.1, 0.15) is 30.9 Å². The standard InChI is InChI=1S/C16H19FN2/c1-10(2)12-7-4-6-11(3)16(12)19-14-9-5-8-13(17)15(14)18/h4-10,19H,18H2,1-3H3. The number of hydrogen-bond donors (Lipinski definition) is 2. The van der Waals surface area contributed by atoms with Crippen molar-refractivity contribution in [2.45, 2.75) is 26.7 Å². The SMILES string of the molecule is Cc1cccc(C(C)C)c1Nc1cccc(F)c1N. The molecule has 0 radical (unpaired) electrons. The number of aryl methyl sites for hydroxylation is 1. The first-order chi connectivity index (χ1) is 9.00. The molecule has 0 aliphatic rings. The molecule has 0 heterocycles. The highest BCUT2D eigenvalue weighted by atomic mass is 19.1. The van der Waals surface area contributed by atoms with Gasteiger partial charge in [-0.05, 0) is 36.1 Å². The molecule has 0 spiro atoms. The molecule has 0 bridgehead atoms. The van der Waals surface area contributed by atoms with E-state index in [1.165, 1.54) is 11.6 Å². The van der Waals surface area contributed by atoms with Crippen molar-refractivity contribution in [1.82, 2.24) is 0 Å². The number of hydrogen-bond acceptors (Lipinski definition) is 2. The number of nitrogen functional groups attached to an aromatic ring is 1. The second-order valence-corrected chi connectivity index (χ2v) is 5.02. The highest BCUT2D eigenvalue weighted by Gasteiger charge is 2.11. The smallest absolute Gasteiger partial charge is 0.148 e. The van der Waals surface area contributed by atoms with Crippen molar-refractivity contribution in [3.05, 3.63) is 53.3 Å². The number of benzene rings is 2. The van der Waals surface area contributed by atoms with Crippen molar-refractivity contribution < 1.29 is 4.39 Å². The molecule has 2 nitrogen and oxygen atoms in total. The van der Waals surface area contributed by atoms with Crippen LogP contribution in [0.15, 0.2) is 36.4 Å². The molecule has 19 heavy (non-hydrogen) atoms. The third-order valence-corrected chi connectivity index (χ3v) is 3.24. The Kier molecular flexibility index (Phi) is 3.74. The second kappa shape index (κ2) is 5.31. The van der Waals surface area contributed by atoms with Gasteiger partial charge in [-0.25, -0.2) is 4.39 Å². The Morgan fingerprint density at radius 1 is 1.11 bits per heavy atom. The van der Waals surface area contributed by atoms with Crippen molar-refractivity contribution in [3.63, 3.8) is 0 Å². The summed E-state index contributed by atoms with van der Waals surface area (Å²) >= 11 is 0. The Labute approximate surface area is 113 Å². The summed E-state index contributed by atoms with van der Waals surface area (Å²) in [5, 5.41) is 3.27. The van der Waals surface area contributed by atoms with Gasteiger partial charge in [0.05, 0.1) is 11.4 Å². The van der Waals surface area contributed by atoms with E-state index in [4.69, 9.17) is 5.73 Å². The number of rotatable bonds is 3. The fourth-order valence-electron chi connectivity index (χ4n) is 2.12. The van der Waals surface area contributed by atoms with Gasteiger partial charge < -0.3 is 11.1 Å². The summed E-state index contributed by atoms with van der Waals surface area (Å²) in [6, 6.07) is 10.9. The Balaban J connectivity index is 2.46. The van der Waals surface area contributed by atoms with Crippen LogP contribution in [-0.2, 0) is 0 Å². The lowest BCUT2D eigenvalue weighted by Crippen LogP contribution is -2.03. The minimum absolute atomic E-state index is 0.153. The molecule has 0 atom stereocenters. The predicted octanol–water partition coefficient (Wildman–Crippen LogP) is 4.58. The van der Waals surface area contributed by atoms with Crippen molar-refractivity contribution in [2.24, 2.45) is 0 Å². The van der Waals surface area contributed by atoms with E-state index in [1.54, 1.807) is 12.1 Å². The molecule has 0 aliphatic carbocycles. The molecule has 0 aliphatic heterocycles. The molecule has 0 amide bonds. The highest BCUT2D eigenvalue weighted by molar-refractivity contribution is 5.76. The molecule has 0 aromatic heterocycles. The Hall–Kier alpha value is -2.03. The van der Waals surface area contributed by atoms with Crippen molar-refractivity contribution in [3.8, 4) is 0 Å². The molecular formula is C16H19FN2. The van der Waals surface area contributed by atoms with Crippen molar-refractivity contribution in [1.29, 1.82) is 0 Å². The number of halogens is 1. The Morgan fingerprint density at radius 2 is 1.79 bits per heavy atom. The molecule has 2 aromatic rings. The van der Waals surface area contributed by atoms with E-state index in [0.29, 0.717) is 11.6 Å². The van der Waals surface area contributed by atoms with Gasteiger partial charge in [-0.2, -0.15) is 0 Å². The van der Waals surface area contributed by atoms with Crippen LogP contribution >= 0.6 is 0 Å². The van der Waals surface area contributed by atoms with Gasteiger partial charge in [0.2, 0.25) is 0 Å². The maximum Gasteiger partial charge on any atom is 0.148 e. The lowest BCUT2D eigenvalue weighted by atomic mass is 9.98. The highest BCUT2D eigenvalue weighted by Crippen LogP contribution is 2.32. The predicted molar refractivity (Wildman–Crippen MR) is 79.4 cm³/mol. The molecule has 0 unspecified atom stereocenters. The van der Waals surface area contributed by atoms with Gasteiger partial charge in [-0.1, -0.05) is 38.1 Å². The van der Waals surface area contributed by atoms with Crippen molar-refractivity contribution in [2.75, 3.05) is 11.1 Å². The van der Waals surface area contributed by atoms with Crippen LogP contribution in [0.3, 0.4) is 0 Å². The zero-order chi connectivity index (χ0) is 14.0. The van der Waals surface area contributed by atoms with E-state index in [1.807, 2.05) is 19.1 Å². The Bertz CT molecular complexity index is 591. The van der Waals surface area contributed by atoms with Crippen LogP contribution < -0.4 is 11.1 Å². The molecule has 2 aromatic carbocycles. The summed E-state index contributed by atoms with van der Waals surface area (Å²) in [5.41, 5.74) is 9.86. The fraction of sp³-hybridized carbons (Fsp3) is 0.250.